The van der Waals surface area contributed by atoms with Crippen molar-refractivity contribution in [3.8, 4) is 0 Å². The van der Waals surface area contributed by atoms with Crippen molar-refractivity contribution in [1.82, 2.24) is 10.6 Å². The van der Waals surface area contributed by atoms with E-state index in [-0.39, 0.29) is 0 Å². The van der Waals surface area contributed by atoms with E-state index in [0.717, 1.165) is 0 Å². The number of nitrogens with zero attached hydrogens (tertiary/aromatic N) is 2. The Morgan fingerprint density at radius 1 is 1.00 bits per heavy atom. The van der Waals surface area contributed by atoms with Gasteiger partial charge in [0.15, 0.2) is 12.3 Å². The second kappa shape index (κ2) is 3.33. The van der Waals surface area contributed by atoms with Crippen molar-refractivity contribution in [2.45, 2.75) is 12.3 Å². The van der Waals surface area contributed by atoms with Crippen molar-refractivity contribution in [3.63, 3.8) is 0 Å². The van der Waals surface area contributed by atoms with E-state index < -0.39 is 12.3 Å². The van der Waals surface area contributed by atoms with Gasteiger partial charge in [-0.1, -0.05) is 0 Å². The van der Waals surface area contributed by atoms with Gasteiger partial charge < -0.3 is 0 Å². The molecule has 0 amide bonds. The minimum Gasteiger partial charge on any atom is -0.288 e. The standard InChI is InChI=1S/C4H8N4O2/c9-7-3-4(8-10)6-2-1-5-3/h3-6H,1-2H2. The Bertz CT molecular complexity index is 123. The van der Waals surface area contributed by atoms with Crippen LogP contribution in [0.2, 0.25) is 0 Å². The number of nitroso groups, excluding NO2 is 2. The molecule has 56 valence electrons. The Kier molecular flexibility index (Phi) is 2.41. The zero-order chi connectivity index (χ0) is 7.40. The molecule has 6 nitrogen and oxygen atoms in total. The molecule has 2 N–H and O–H groups in total. The summed E-state index contributed by atoms with van der Waals surface area (Å²) in [4.78, 5) is 20.0. The van der Waals surface area contributed by atoms with E-state index in [1.807, 2.05) is 0 Å². The lowest BCUT2D eigenvalue weighted by atomic mass is 10.3. The van der Waals surface area contributed by atoms with Crippen molar-refractivity contribution in [1.29, 1.82) is 0 Å². The summed E-state index contributed by atoms with van der Waals surface area (Å²) in [7, 11) is 0. The third-order valence-electron chi connectivity index (χ3n) is 1.36. The van der Waals surface area contributed by atoms with Gasteiger partial charge >= 0.3 is 0 Å². The summed E-state index contributed by atoms with van der Waals surface area (Å²) in [5.41, 5.74) is 0. The van der Waals surface area contributed by atoms with Gasteiger partial charge in [0.1, 0.15) is 0 Å². The van der Waals surface area contributed by atoms with Crippen molar-refractivity contribution >= 4 is 0 Å². The third-order valence-corrected chi connectivity index (χ3v) is 1.36. The molecule has 1 rings (SSSR count). The minimum atomic E-state index is -0.703. The van der Waals surface area contributed by atoms with E-state index in [9.17, 15) is 9.81 Å². The summed E-state index contributed by atoms with van der Waals surface area (Å²) in [5.74, 6) is 0. The van der Waals surface area contributed by atoms with Crippen LogP contribution in [0.1, 0.15) is 0 Å². The summed E-state index contributed by atoms with van der Waals surface area (Å²) in [5, 5.41) is 10.8. The molecule has 1 heterocycles. The molecule has 1 aliphatic rings. The van der Waals surface area contributed by atoms with Gasteiger partial charge in [-0.15, -0.1) is 9.81 Å². The van der Waals surface area contributed by atoms with Crippen LogP contribution in [-0.4, -0.2) is 25.4 Å². The van der Waals surface area contributed by atoms with E-state index >= 15 is 0 Å². The van der Waals surface area contributed by atoms with E-state index in [0.29, 0.717) is 13.1 Å². The number of hydrogen-bond acceptors (Lipinski definition) is 6. The maximum Gasteiger partial charge on any atom is 0.181 e. The van der Waals surface area contributed by atoms with Gasteiger partial charge in [-0.2, -0.15) is 0 Å². The smallest absolute Gasteiger partial charge is 0.181 e. The van der Waals surface area contributed by atoms with Gasteiger partial charge in [-0.05, 0) is 10.4 Å². The largest absolute Gasteiger partial charge is 0.288 e. The molecule has 1 fully saturated rings. The zero-order valence-electron chi connectivity index (χ0n) is 5.28. The molecule has 0 aromatic heterocycles. The first-order chi connectivity index (χ1) is 4.88. The first-order valence-corrected chi connectivity index (χ1v) is 3.00. The minimum absolute atomic E-state index is 0.641. The molecular formula is C4H8N4O2. The second-order valence-electron chi connectivity index (χ2n) is 2.01. The second-order valence-corrected chi connectivity index (χ2v) is 2.01. The van der Waals surface area contributed by atoms with Crippen molar-refractivity contribution in [2.75, 3.05) is 13.1 Å². The molecule has 6 heteroatoms. The molecule has 10 heavy (non-hydrogen) atoms. The lowest BCUT2D eigenvalue weighted by molar-refractivity contribution is 0.334. The average molecular weight is 144 g/mol. The molecule has 0 bridgehead atoms. The molecular weight excluding hydrogens is 136 g/mol. The Morgan fingerprint density at radius 2 is 1.40 bits per heavy atom. The normalized spacial score (nSPS) is 33.2. The summed E-state index contributed by atoms with van der Waals surface area (Å²) < 4.78 is 0. The molecule has 0 saturated carbocycles. The van der Waals surface area contributed by atoms with Crippen molar-refractivity contribution in [3.05, 3.63) is 9.81 Å². The van der Waals surface area contributed by atoms with Gasteiger partial charge in [0.2, 0.25) is 0 Å². The van der Waals surface area contributed by atoms with Gasteiger partial charge in [-0.3, -0.25) is 10.6 Å². The first-order valence-electron chi connectivity index (χ1n) is 3.00. The number of rotatable bonds is 2. The maximum absolute atomic E-state index is 9.98. The highest BCUT2D eigenvalue weighted by molar-refractivity contribution is 4.82. The highest BCUT2D eigenvalue weighted by Gasteiger charge is 2.25. The SMILES string of the molecule is O=NC1NCCNC1N=O. The lowest BCUT2D eigenvalue weighted by Gasteiger charge is -2.22. The summed E-state index contributed by atoms with van der Waals surface area (Å²) in [6.45, 7) is 1.28. The highest BCUT2D eigenvalue weighted by Crippen LogP contribution is 1.99. The van der Waals surface area contributed by atoms with E-state index in [1.54, 1.807) is 0 Å². The van der Waals surface area contributed by atoms with Gasteiger partial charge in [0.05, 0.1) is 0 Å². The Hall–Kier alpha value is -0.880. The fraction of sp³-hybridized carbons (Fsp3) is 1.00. The van der Waals surface area contributed by atoms with Crippen LogP contribution in [0.15, 0.2) is 10.4 Å². The summed E-state index contributed by atoms with van der Waals surface area (Å²) in [6, 6.07) is 0. The van der Waals surface area contributed by atoms with Crippen LogP contribution in [0.25, 0.3) is 0 Å². The molecule has 0 radical (unpaired) electrons. The number of piperazine rings is 1. The van der Waals surface area contributed by atoms with Crippen LogP contribution in [0.3, 0.4) is 0 Å². The van der Waals surface area contributed by atoms with E-state index in [4.69, 9.17) is 0 Å². The predicted molar refractivity (Wildman–Crippen MR) is 35.2 cm³/mol. The zero-order valence-corrected chi connectivity index (χ0v) is 5.28. The van der Waals surface area contributed by atoms with Crippen LogP contribution < -0.4 is 10.6 Å². The molecule has 0 aliphatic carbocycles. The fourth-order valence-electron chi connectivity index (χ4n) is 0.853. The fourth-order valence-corrected chi connectivity index (χ4v) is 0.853. The summed E-state index contributed by atoms with van der Waals surface area (Å²) >= 11 is 0. The third kappa shape index (κ3) is 1.34. The van der Waals surface area contributed by atoms with Gasteiger partial charge in [0.25, 0.3) is 0 Å². The Morgan fingerprint density at radius 3 is 1.70 bits per heavy atom. The number of hydrogen-bond donors (Lipinski definition) is 2. The molecule has 2 atom stereocenters. The highest BCUT2D eigenvalue weighted by atomic mass is 16.3. The van der Waals surface area contributed by atoms with Gasteiger partial charge in [-0.25, -0.2) is 0 Å². The average Bonchev–Trinajstić information content (AvgIpc) is 2.04. The lowest BCUT2D eigenvalue weighted by Crippen LogP contribution is -2.53. The molecule has 0 spiro atoms. The molecule has 0 aromatic rings. The predicted octanol–water partition coefficient (Wildman–Crippen LogP) is -0.636. The first kappa shape index (κ1) is 7.23. The Balaban J connectivity index is 2.49. The molecule has 0 aromatic carbocycles. The molecule has 2 unspecified atom stereocenters. The van der Waals surface area contributed by atoms with Crippen LogP contribution in [0.4, 0.5) is 0 Å². The Labute approximate surface area is 57.3 Å². The van der Waals surface area contributed by atoms with E-state index in [2.05, 4.69) is 21.0 Å². The maximum atomic E-state index is 9.98. The van der Waals surface area contributed by atoms with Crippen LogP contribution in [0.5, 0.6) is 0 Å². The van der Waals surface area contributed by atoms with Crippen LogP contribution in [0, 0.1) is 9.81 Å². The van der Waals surface area contributed by atoms with Gasteiger partial charge in [0, 0.05) is 13.1 Å². The summed E-state index contributed by atoms with van der Waals surface area (Å²) in [6.07, 6.45) is -1.41. The topological polar surface area (TPSA) is 82.9 Å². The van der Waals surface area contributed by atoms with E-state index in [1.165, 1.54) is 0 Å². The molecule has 1 saturated heterocycles. The van der Waals surface area contributed by atoms with Crippen LogP contribution >= 0.6 is 0 Å². The molecule has 1 aliphatic heterocycles. The van der Waals surface area contributed by atoms with Crippen LogP contribution in [-0.2, 0) is 0 Å². The monoisotopic (exact) mass is 144 g/mol. The van der Waals surface area contributed by atoms with Crippen molar-refractivity contribution < 1.29 is 0 Å². The quantitative estimate of drug-likeness (QED) is 0.505. The van der Waals surface area contributed by atoms with Crippen molar-refractivity contribution in [2.24, 2.45) is 10.4 Å². The number of nitrogens with one attached hydrogen (secondary N) is 2.